The summed E-state index contributed by atoms with van der Waals surface area (Å²) in [7, 11) is 1.53. The van der Waals surface area contributed by atoms with Crippen molar-refractivity contribution >= 4 is 28.8 Å². The van der Waals surface area contributed by atoms with Gasteiger partial charge in [0.2, 0.25) is 0 Å². The van der Waals surface area contributed by atoms with Gasteiger partial charge in [0.15, 0.2) is 4.80 Å². The van der Waals surface area contributed by atoms with Crippen molar-refractivity contribution in [3.05, 3.63) is 44.2 Å². The molecule has 1 aromatic heterocycles. The molecule has 0 saturated heterocycles. The molecule has 5 nitrogen and oxygen atoms in total. The van der Waals surface area contributed by atoms with Crippen LogP contribution in [0.25, 0.3) is 0 Å². The van der Waals surface area contributed by atoms with Gasteiger partial charge in [0.25, 0.3) is 5.91 Å². The van der Waals surface area contributed by atoms with E-state index in [9.17, 15) is 4.79 Å². The third kappa shape index (κ3) is 4.13. The van der Waals surface area contributed by atoms with Gasteiger partial charge in [-0.2, -0.15) is 4.99 Å². The first-order chi connectivity index (χ1) is 12.9. The van der Waals surface area contributed by atoms with Gasteiger partial charge in [-0.15, -0.1) is 11.3 Å². The summed E-state index contributed by atoms with van der Waals surface area (Å²) in [6, 6.07) is 4.98. The van der Waals surface area contributed by atoms with Crippen LogP contribution in [0.2, 0.25) is 5.02 Å². The number of amides is 1. The lowest BCUT2D eigenvalue weighted by Gasteiger charge is -2.29. The number of unbranched alkanes of at least 4 members (excludes halogenated alkanes) is 1. The van der Waals surface area contributed by atoms with E-state index in [1.54, 1.807) is 29.5 Å². The number of hydrogen-bond acceptors (Lipinski definition) is 4. The number of halogens is 1. The second-order valence-corrected chi connectivity index (χ2v) is 8.72. The van der Waals surface area contributed by atoms with E-state index in [1.807, 2.05) is 0 Å². The zero-order valence-electron chi connectivity index (χ0n) is 16.2. The summed E-state index contributed by atoms with van der Waals surface area (Å²) in [6.45, 7) is 8.53. The van der Waals surface area contributed by atoms with Crippen LogP contribution in [0.5, 0.6) is 5.75 Å². The van der Waals surface area contributed by atoms with Crippen LogP contribution < -0.4 is 9.54 Å². The molecule has 1 aliphatic heterocycles. The zero-order valence-corrected chi connectivity index (χ0v) is 17.7. The Bertz CT molecular complexity index is 914. The SMILES string of the molecule is CCCCn1c2c(sc1=NC(=O)c1cc(Cl)ccc1OC)C(C)(C)COC2. The summed E-state index contributed by atoms with van der Waals surface area (Å²) < 4.78 is 13.3. The van der Waals surface area contributed by atoms with Crippen LogP contribution in [-0.2, 0) is 23.3 Å². The molecule has 0 unspecified atom stereocenters. The molecule has 0 atom stereocenters. The predicted molar refractivity (Wildman–Crippen MR) is 108 cm³/mol. The quantitative estimate of drug-likeness (QED) is 0.728. The number of aromatic nitrogens is 1. The largest absolute Gasteiger partial charge is 0.496 e. The number of fused-ring (bicyclic) bond motifs is 1. The maximum atomic E-state index is 12.9. The van der Waals surface area contributed by atoms with Crippen molar-refractivity contribution in [2.45, 2.75) is 52.2 Å². The average molecular weight is 409 g/mol. The van der Waals surface area contributed by atoms with Gasteiger partial charge in [-0.25, -0.2) is 0 Å². The molecule has 0 spiro atoms. The van der Waals surface area contributed by atoms with Gasteiger partial charge in [0.1, 0.15) is 5.75 Å². The highest BCUT2D eigenvalue weighted by Crippen LogP contribution is 2.34. The van der Waals surface area contributed by atoms with Crippen LogP contribution in [0.1, 0.15) is 54.5 Å². The maximum Gasteiger partial charge on any atom is 0.283 e. The van der Waals surface area contributed by atoms with Crippen LogP contribution in [0.15, 0.2) is 23.2 Å². The molecule has 2 aromatic rings. The number of ether oxygens (including phenoxy) is 2. The molecule has 0 N–H and O–H groups in total. The fourth-order valence-electron chi connectivity index (χ4n) is 3.21. The molecule has 1 aromatic carbocycles. The Hall–Kier alpha value is -1.63. The van der Waals surface area contributed by atoms with Crippen LogP contribution in [0, 0.1) is 0 Å². The highest BCUT2D eigenvalue weighted by atomic mass is 35.5. The fraction of sp³-hybridized carbons (Fsp3) is 0.500. The molecule has 0 saturated carbocycles. The van der Waals surface area contributed by atoms with Crippen LogP contribution in [-0.4, -0.2) is 24.2 Å². The number of benzene rings is 1. The van der Waals surface area contributed by atoms with Gasteiger partial charge in [-0.05, 0) is 24.6 Å². The number of carbonyl (C=O) groups excluding carboxylic acids is 1. The van der Waals surface area contributed by atoms with E-state index in [0.717, 1.165) is 25.1 Å². The van der Waals surface area contributed by atoms with Crippen LogP contribution in [0.4, 0.5) is 0 Å². The van der Waals surface area contributed by atoms with Crippen molar-refractivity contribution in [1.29, 1.82) is 0 Å². The van der Waals surface area contributed by atoms with E-state index in [2.05, 4.69) is 30.3 Å². The second kappa shape index (κ2) is 8.17. The zero-order chi connectivity index (χ0) is 19.6. The van der Waals surface area contributed by atoms with E-state index >= 15 is 0 Å². The number of methoxy groups -OCH3 is 1. The highest BCUT2D eigenvalue weighted by molar-refractivity contribution is 7.09. The maximum absolute atomic E-state index is 12.9. The first-order valence-corrected chi connectivity index (χ1v) is 10.3. The molecule has 27 heavy (non-hydrogen) atoms. The average Bonchev–Trinajstić information content (AvgIpc) is 2.98. The minimum absolute atomic E-state index is 0.0865. The second-order valence-electron chi connectivity index (χ2n) is 7.30. The summed E-state index contributed by atoms with van der Waals surface area (Å²) in [4.78, 5) is 19.3. The summed E-state index contributed by atoms with van der Waals surface area (Å²) >= 11 is 7.65. The molecule has 0 bridgehead atoms. The molecule has 0 radical (unpaired) electrons. The van der Waals surface area contributed by atoms with Crippen molar-refractivity contribution in [2.75, 3.05) is 13.7 Å². The van der Waals surface area contributed by atoms with E-state index in [-0.39, 0.29) is 11.3 Å². The van der Waals surface area contributed by atoms with Crippen molar-refractivity contribution in [3.8, 4) is 5.75 Å². The number of hydrogen-bond donors (Lipinski definition) is 0. The highest BCUT2D eigenvalue weighted by Gasteiger charge is 2.32. The van der Waals surface area contributed by atoms with E-state index < -0.39 is 0 Å². The summed E-state index contributed by atoms with van der Waals surface area (Å²) in [5, 5.41) is 0.480. The van der Waals surface area contributed by atoms with Crippen molar-refractivity contribution in [1.82, 2.24) is 4.57 Å². The summed E-state index contributed by atoms with van der Waals surface area (Å²) in [5.41, 5.74) is 1.42. The lowest BCUT2D eigenvalue weighted by atomic mass is 9.90. The number of rotatable bonds is 5. The monoisotopic (exact) mass is 408 g/mol. The minimum atomic E-state index is -0.350. The van der Waals surface area contributed by atoms with Gasteiger partial charge in [0.05, 0.1) is 31.6 Å². The van der Waals surface area contributed by atoms with Gasteiger partial charge < -0.3 is 14.0 Å². The third-order valence-electron chi connectivity index (χ3n) is 4.65. The topological polar surface area (TPSA) is 52.8 Å². The summed E-state index contributed by atoms with van der Waals surface area (Å²) in [6.07, 6.45) is 2.09. The first kappa shape index (κ1) is 20.1. The van der Waals surface area contributed by atoms with Gasteiger partial charge in [-0.3, -0.25) is 4.79 Å². The van der Waals surface area contributed by atoms with Gasteiger partial charge in [-0.1, -0.05) is 38.8 Å². The molecule has 146 valence electrons. The molecule has 0 fully saturated rings. The van der Waals surface area contributed by atoms with Crippen molar-refractivity contribution in [2.24, 2.45) is 4.99 Å². The normalized spacial score (nSPS) is 16.3. The molecular formula is C20H25ClN2O3S. The lowest BCUT2D eigenvalue weighted by Crippen LogP contribution is -2.30. The summed E-state index contributed by atoms with van der Waals surface area (Å²) in [5.74, 6) is 0.121. The van der Waals surface area contributed by atoms with Gasteiger partial charge >= 0.3 is 0 Å². The third-order valence-corrected chi connectivity index (χ3v) is 6.37. The van der Waals surface area contributed by atoms with Gasteiger partial charge in [0, 0.05) is 21.9 Å². The molecule has 7 heteroatoms. The van der Waals surface area contributed by atoms with Crippen molar-refractivity contribution in [3.63, 3.8) is 0 Å². The van der Waals surface area contributed by atoms with Crippen molar-refractivity contribution < 1.29 is 14.3 Å². The number of carbonyl (C=O) groups is 1. The standard InChI is InChI=1S/C20H25ClN2O3S/c1-5-6-9-23-15-11-26-12-20(2,3)17(15)27-19(23)22-18(24)14-10-13(21)7-8-16(14)25-4/h7-8,10H,5-6,9,11-12H2,1-4H3. The molecule has 2 heterocycles. The molecular weight excluding hydrogens is 384 g/mol. The van der Waals surface area contributed by atoms with Crippen LogP contribution >= 0.6 is 22.9 Å². The minimum Gasteiger partial charge on any atom is -0.496 e. The van der Waals surface area contributed by atoms with Crippen LogP contribution in [0.3, 0.4) is 0 Å². The Labute approximate surface area is 168 Å². The molecule has 3 rings (SSSR count). The molecule has 0 aliphatic carbocycles. The predicted octanol–water partition coefficient (Wildman–Crippen LogP) is 4.56. The number of nitrogens with zero attached hydrogens (tertiary/aromatic N) is 2. The van der Waals surface area contributed by atoms with E-state index in [1.165, 1.54) is 12.0 Å². The Balaban J connectivity index is 2.11. The molecule has 1 amide bonds. The van der Waals surface area contributed by atoms with E-state index in [4.69, 9.17) is 21.1 Å². The Morgan fingerprint density at radius 3 is 2.93 bits per heavy atom. The first-order valence-electron chi connectivity index (χ1n) is 9.10. The number of thiazole rings is 1. The smallest absolute Gasteiger partial charge is 0.283 e. The Morgan fingerprint density at radius 2 is 2.22 bits per heavy atom. The Morgan fingerprint density at radius 1 is 1.44 bits per heavy atom. The lowest BCUT2D eigenvalue weighted by molar-refractivity contribution is 0.0607. The molecule has 1 aliphatic rings. The fourth-order valence-corrected chi connectivity index (χ4v) is 4.63. The Kier molecular flexibility index (Phi) is 6.08. The van der Waals surface area contributed by atoms with E-state index in [0.29, 0.717) is 34.4 Å².